The number of hydrogen-bond donors (Lipinski definition) is 3. The average Bonchev–Trinajstić information content (AvgIpc) is 2.72. The molecular weight excluding hydrogens is 327 g/mol. The Labute approximate surface area is 146 Å². The number of aliphatic hydroxyl groups is 1. The molecule has 1 aromatic carbocycles. The van der Waals surface area contributed by atoms with Gasteiger partial charge in [-0.2, -0.15) is 0 Å². The van der Waals surface area contributed by atoms with Gasteiger partial charge in [0.2, 0.25) is 0 Å². The molecule has 0 aromatic heterocycles. The minimum Gasteiger partial charge on any atom is -0.478 e. The quantitative estimate of drug-likeness (QED) is 0.698. The first-order valence-corrected chi connectivity index (χ1v) is 7.76. The van der Waals surface area contributed by atoms with Crippen LogP contribution in [0.1, 0.15) is 54.0 Å². The minimum atomic E-state index is -1.20. The molecule has 0 amide bonds. The van der Waals surface area contributed by atoms with E-state index in [9.17, 15) is 19.8 Å². The van der Waals surface area contributed by atoms with Gasteiger partial charge in [-0.3, -0.25) is 0 Å². The number of benzene rings is 1. The van der Waals surface area contributed by atoms with E-state index in [1.807, 2.05) is 27.7 Å². The fourth-order valence-electron chi connectivity index (χ4n) is 2.39. The number of hydrogen-bond acceptors (Lipinski definition) is 5. The van der Waals surface area contributed by atoms with Gasteiger partial charge in [0.1, 0.15) is 0 Å². The van der Waals surface area contributed by atoms with E-state index >= 15 is 0 Å². The van der Waals surface area contributed by atoms with Crippen molar-refractivity contribution < 1.29 is 34.2 Å². The van der Waals surface area contributed by atoms with Crippen LogP contribution in [0.2, 0.25) is 0 Å². The van der Waals surface area contributed by atoms with Crippen LogP contribution in [-0.4, -0.2) is 52.2 Å². The molecule has 1 aliphatic rings. The van der Waals surface area contributed by atoms with Crippen LogP contribution in [0.15, 0.2) is 23.7 Å². The average molecular weight is 348 g/mol. The van der Waals surface area contributed by atoms with Gasteiger partial charge in [-0.1, -0.05) is 6.08 Å². The third-order valence-electron chi connectivity index (χ3n) is 4.61. The summed E-state index contributed by atoms with van der Waals surface area (Å²) in [6.07, 6.45) is 1.40. The van der Waals surface area contributed by atoms with Crippen molar-refractivity contribution in [3.63, 3.8) is 0 Å². The summed E-state index contributed by atoms with van der Waals surface area (Å²) in [5.74, 6) is -2.37. The summed E-state index contributed by atoms with van der Waals surface area (Å²) in [7, 11) is -0.856. The van der Waals surface area contributed by atoms with Gasteiger partial charge in [-0.15, -0.1) is 0 Å². The fraction of sp³-hybridized carbons (Fsp3) is 0.412. The van der Waals surface area contributed by atoms with E-state index in [1.165, 1.54) is 24.3 Å². The number of aliphatic hydroxyl groups excluding tert-OH is 1. The lowest BCUT2D eigenvalue weighted by Gasteiger charge is -2.32. The van der Waals surface area contributed by atoms with E-state index in [0.717, 1.165) is 0 Å². The van der Waals surface area contributed by atoms with Crippen molar-refractivity contribution in [1.29, 1.82) is 0 Å². The number of carboxylic acids is 2. The molecule has 0 spiro atoms. The molecule has 0 atom stereocenters. The van der Waals surface area contributed by atoms with Crippen molar-refractivity contribution >= 4 is 25.1 Å². The van der Waals surface area contributed by atoms with Crippen molar-refractivity contribution in [2.75, 3.05) is 6.61 Å². The predicted molar refractivity (Wildman–Crippen MR) is 91.5 cm³/mol. The van der Waals surface area contributed by atoms with E-state index in [-0.39, 0.29) is 16.7 Å². The molecule has 0 unspecified atom stereocenters. The van der Waals surface area contributed by atoms with E-state index in [1.54, 1.807) is 0 Å². The molecule has 8 heteroatoms. The summed E-state index contributed by atoms with van der Waals surface area (Å²) >= 11 is 0. The second-order valence-corrected chi connectivity index (χ2v) is 6.88. The third-order valence-corrected chi connectivity index (χ3v) is 4.61. The standard InChI is InChI=1S/C17H21BO7/c1-16(2)17(3,4)25-18(24-16)12(9-19)8-11-7-10(14(20)21)5-6-13(11)15(22)23/h5-8,19H,9H2,1-4H3,(H,20,21)(H,22,23). The summed E-state index contributed by atoms with van der Waals surface area (Å²) in [5.41, 5.74) is -0.903. The highest BCUT2D eigenvalue weighted by Gasteiger charge is 2.52. The fourth-order valence-corrected chi connectivity index (χ4v) is 2.39. The number of rotatable bonds is 5. The lowest BCUT2D eigenvalue weighted by Crippen LogP contribution is -2.41. The molecule has 25 heavy (non-hydrogen) atoms. The Hall–Kier alpha value is -2.16. The highest BCUT2D eigenvalue weighted by atomic mass is 16.7. The molecule has 0 saturated carbocycles. The predicted octanol–water partition coefficient (Wildman–Crippen LogP) is 2.09. The topological polar surface area (TPSA) is 113 Å². The smallest absolute Gasteiger partial charge is 0.478 e. The van der Waals surface area contributed by atoms with Gasteiger partial charge in [-0.05, 0) is 56.9 Å². The van der Waals surface area contributed by atoms with Crippen molar-refractivity contribution in [2.45, 2.75) is 38.9 Å². The van der Waals surface area contributed by atoms with Gasteiger partial charge in [-0.25, -0.2) is 9.59 Å². The van der Waals surface area contributed by atoms with Gasteiger partial charge in [0, 0.05) is 0 Å². The summed E-state index contributed by atoms with van der Waals surface area (Å²) in [5, 5.41) is 28.1. The monoisotopic (exact) mass is 348 g/mol. The zero-order valence-corrected chi connectivity index (χ0v) is 14.6. The Morgan fingerprint density at radius 2 is 1.64 bits per heavy atom. The van der Waals surface area contributed by atoms with Crippen LogP contribution in [0, 0.1) is 0 Å². The Bertz CT molecular complexity index is 721. The molecule has 2 rings (SSSR count). The molecule has 0 bridgehead atoms. The molecule has 1 saturated heterocycles. The number of carbonyl (C=O) groups is 2. The van der Waals surface area contributed by atoms with Crippen molar-refractivity contribution in [1.82, 2.24) is 0 Å². The second-order valence-electron chi connectivity index (χ2n) is 6.88. The number of carboxylic acid groups (broad SMARTS) is 2. The van der Waals surface area contributed by atoms with Crippen LogP contribution >= 0.6 is 0 Å². The molecular formula is C17H21BO7. The maximum atomic E-state index is 11.4. The van der Waals surface area contributed by atoms with Gasteiger partial charge in [0.15, 0.2) is 0 Å². The maximum absolute atomic E-state index is 11.4. The van der Waals surface area contributed by atoms with E-state index in [0.29, 0.717) is 5.47 Å². The Morgan fingerprint density at radius 1 is 1.08 bits per heavy atom. The van der Waals surface area contributed by atoms with Crippen LogP contribution < -0.4 is 0 Å². The largest absolute Gasteiger partial charge is 0.492 e. The van der Waals surface area contributed by atoms with E-state index < -0.39 is 36.9 Å². The molecule has 0 aliphatic carbocycles. The third kappa shape index (κ3) is 3.76. The summed E-state index contributed by atoms with van der Waals surface area (Å²) in [6, 6.07) is 3.68. The molecule has 1 aliphatic heterocycles. The van der Waals surface area contributed by atoms with Crippen molar-refractivity contribution in [3.05, 3.63) is 40.4 Å². The molecule has 1 aromatic rings. The minimum absolute atomic E-state index is 0.0533. The van der Waals surface area contributed by atoms with Crippen LogP contribution in [0.5, 0.6) is 0 Å². The van der Waals surface area contributed by atoms with E-state index in [2.05, 4.69) is 0 Å². The van der Waals surface area contributed by atoms with Crippen LogP contribution in [0.3, 0.4) is 0 Å². The zero-order chi connectivity index (χ0) is 19.0. The van der Waals surface area contributed by atoms with Gasteiger partial charge in [0.25, 0.3) is 0 Å². The van der Waals surface area contributed by atoms with E-state index in [4.69, 9.17) is 14.4 Å². The zero-order valence-electron chi connectivity index (χ0n) is 14.6. The Balaban J connectivity index is 2.48. The van der Waals surface area contributed by atoms with Crippen LogP contribution in [0.4, 0.5) is 0 Å². The van der Waals surface area contributed by atoms with Gasteiger partial charge in [0.05, 0.1) is 28.9 Å². The lowest BCUT2D eigenvalue weighted by molar-refractivity contribution is 0.00578. The Morgan fingerprint density at radius 3 is 2.08 bits per heavy atom. The van der Waals surface area contributed by atoms with Crippen LogP contribution in [0.25, 0.3) is 6.08 Å². The molecule has 0 radical (unpaired) electrons. The maximum Gasteiger partial charge on any atom is 0.492 e. The molecule has 1 heterocycles. The Kier molecular flexibility index (Phi) is 5.08. The molecule has 7 nitrogen and oxygen atoms in total. The van der Waals surface area contributed by atoms with Crippen molar-refractivity contribution in [2.24, 2.45) is 0 Å². The highest BCUT2D eigenvalue weighted by molar-refractivity contribution is 6.55. The molecule has 1 fully saturated rings. The second kappa shape index (κ2) is 6.63. The van der Waals surface area contributed by atoms with Crippen molar-refractivity contribution in [3.8, 4) is 0 Å². The summed E-state index contributed by atoms with van der Waals surface area (Å²) in [6.45, 7) is 7.00. The summed E-state index contributed by atoms with van der Waals surface area (Å²) < 4.78 is 11.7. The lowest BCUT2D eigenvalue weighted by atomic mass is 9.77. The van der Waals surface area contributed by atoms with Crippen LogP contribution in [-0.2, 0) is 9.31 Å². The first kappa shape index (κ1) is 19.2. The summed E-state index contributed by atoms with van der Waals surface area (Å²) in [4.78, 5) is 22.5. The SMILES string of the molecule is CC1(C)OB(C(=Cc2cc(C(=O)O)ccc2C(=O)O)CO)OC1(C)C. The first-order valence-electron chi connectivity index (χ1n) is 7.76. The number of aromatic carboxylic acids is 2. The van der Waals surface area contributed by atoms with Gasteiger partial charge < -0.3 is 24.6 Å². The van der Waals surface area contributed by atoms with Gasteiger partial charge >= 0.3 is 19.1 Å². The highest BCUT2D eigenvalue weighted by Crippen LogP contribution is 2.38. The molecule has 3 N–H and O–H groups in total. The molecule has 134 valence electrons. The first-order chi connectivity index (χ1) is 11.5. The normalized spacial score (nSPS) is 19.1.